The third-order valence-corrected chi connectivity index (χ3v) is 4.74. The molecule has 0 unspecified atom stereocenters. The monoisotopic (exact) mass is 378 g/mol. The molecule has 0 spiro atoms. The van der Waals surface area contributed by atoms with Crippen LogP contribution in [0, 0.1) is 12.7 Å². The second-order valence-electron chi connectivity index (χ2n) is 5.93. The van der Waals surface area contributed by atoms with Crippen LogP contribution in [0.4, 0.5) is 10.2 Å². The summed E-state index contributed by atoms with van der Waals surface area (Å²) in [7, 11) is 0. The third-order valence-electron chi connectivity index (χ3n) is 3.92. The predicted octanol–water partition coefficient (Wildman–Crippen LogP) is 4.70. The Labute approximate surface area is 159 Å². The number of hydrogen-bond donors (Lipinski definition) is 1. The van der Waals surface area contributed by atoms with Crippen LogP contribution in [0.25, 0.3) is 16.4 Å². The summed E-state index contributed by atoms with van der Waals surface area (Å²) in [4.78, 5) is 17.0. The summed E-state index contributed by atoms with van der Waals surface area (Å²) in [5.74, 6) is 0.0382. The van der Waals surface area contributed by atoms with E-state index in [1.165, 1.54) is 23.5 Å². The molecule has 7 heteroatoms. The van der Waals surface area contributed by atoms with Crippen LogP contribution in [0.5, 0.6) is 0 Å². The van der Waals surface area contributed by atoms with Crippen molar-refractivity contribution in [2.24, 2.45) is 0 Å². The Morgan fingerprint density at radius 2 is 1.85 bits per heavy atom. The van der Waals surface area contributed by atoms with E-state index in [4.69, 9.17) is 0 Å². The molecule has 0 radical (unpaired) electrons. The summed E-state index contributed by atoms with van der Waals surface area (Å²) in [5.41, 5.74) is 2.87. The van der Waals surface area contributed by atoms with Crippen molar-refractivity contribution in [3.8, 4) is 16.4 Å². The molecular formula is C20H15FN4OS. The van der Waals surface area contributed by atoms with Gasteiger partial charge >= 0.3 is 0 Å². The van der Waals surface area contributed by atoms with Gasteiger partial charge in [-0.15, -0.1) is 11.3 Å². The zero-order chi connectivity index (χ0) is 18.8. The zero-order valence-electron chi connectivity index (χ0n) is 14.4. The SMILES string of the molecule is Cc1cc(NC(=O)c2ccccc2)n(-c2nc(-c3ccc(F)cc3)cs2)n1. The average Bonchev–Trinajstić information content (AvgIpc) is 3.30. The lowest BCUT2D eigenvalue weighted by Gasteiger charge is -2.06. The fourth-order valence-electron chi connectivity index (χ4n) is 2.63. The molecule has 0 atom stereocenters. The molecule has 5 nitrogen and oxygen atoms in total. The van der Waals surface area contributed by atoms with E-state index in [-0.39, 0.29) is 11.7 Å². The van der Waals surface area contributed by atoms with Crippen molar-refractivity contribution in [1.29, 1.82) is 0 Å². The standard InChI is InChI=1S/C20H15FN4OS/c1-13-11-18(23-19(26)15-5-3-2-4-6-15)25(24-13)20-22-17(12-27-20)14-7-9-16(21)10-8-14/h2-12H,1H3,(H,23,26). The van der Waals surface area contributed by atoms with Crippen molar-refractivity contribution in [2.75, 3.05) is 5.32 Å². The number of nitrogens with zero attached hydrogens (tertiary/aromatic N) is 3. The molecule has 1 amide bonds. The normalized spacial score (nSPS) is 10.7. The Bertz CT molecular complexity index is 1090. The van der Waals surface area contributed by atoms with E-state index in [2.05, 4.69) is 15.4 Å². The van der Waals surface area contributed by atoms with Crippen LogP contribution in [-0.4, -0.2) is 20.7 Å². The van der Waals surface area contributed by atoms with E-state index in [9.17, 15) is 9.18 Å². The summed E-state index contributed by atoms with van der Waals surface area (Å²) >= 11 is 1.40. The Hall–Kier alpha value is -3.32. The van der Waals surface area contributed by atoms with Gasteiger partial charge in [-0.2, -0.15) is 9.78 Å². The first kappa shape index (κ1) is 17.1. The van der Waals surface area contributed by atoms with Gasteiger partial charge in [-0.25, -0.2) is 9.37 Å². The van der Waals surface area contributed by atoms with Crippen LogP contribution in [0.2, 0.25) is 0 Å². The topological polar surface area (TPSA) is 59.8 Å². The van der Waals surface area contributed by atoms with E-state index in [0.29, 0.717) is 16.5 Å². The molecule has 0 aliphatic rings. The summed E-state index contributed by atoms with van der Waals surface area (Å²) in [6.07, 6.45) is 0. The number of benzene rings is 2. The molecule has 2 aromatic heterocycles. The zero-order valence-corrected chi connectivity index (χ0v) is 15.2. The van der Waals surface area contributed by atoms with E-state index in [1.807, 2.05) is 30.5 Å². The molecule has 2 aromatic carbocycles. The van der Waals surface area contributed by atoms with Gasteiger partial charge in [0.05, 0.1) is 11.4 Å². The first-order chi connectivity index (χ1) is 13.1. The maximum atomic E-state index is 13.1. The minimum atomic E-state index is -0.289. The van der Waals surface area contributed by atoms with Gasteiger partial charge in [0.25, 0.3) is 5.91 Å². The van der Waals surface area contributed by atoms with Gasteiger partial charge in [0.15, 0.2) is 0 Å². The van der Waals surface area contributed by atoms with Crippen LogP contribution in [0.3, 0.4) is 0 Å². The first-order valence-corrected chi connectivity index (χ1v) is 9.13. The molecule has 0 fully saturated rings. The lowest BCUT2D eigenvalue weighted by Crippen LogP contribution is -2.14. The van der Waals surface area contributed by atoms with Gasteiger partial charge in [-0.1, -0.05) is 18.2 Å². The second kappa shape index (κ2) is 7.13. The van der Waals surface area contributed by atoms with E-state index < -0.39 is 0 Å². The number of thiazole rings is 1. The molecular weight excluding hydrogens is 363 g/mol. The van der Waals surface area contributed by atoms with Crippen LogP contribution < -0.4 is 5.32 Å². The molecule has 0 aliphatic carbocycles. The van der Waals surface area contributed by atoms with E-state index in [0.717, 1.165) is 17.0 Å². The molecule has 27 heavy (non-hydrogen) atoms. The Kier molecular flexibility index (Phi) is 4.52. The molecule has 0 aliphatic heterocycles. The number of carbonyl (C=O) groups excluding carboxylic acids is 1. The fraction of sp³-hybridized carbons (Fsp3) is 0.0500. The highest BCUT2D eigenvalue weighted by Gasteiger charge is 2.15. The number of halogens is 1. The Morgan fingerprint density at radius 3 is 2.59 bits per heavy atom. The molecule has 1 N–H and O–H groups in total. The number of anilines is 1. The largest absolute Gasteiger partial charge is 0.306 e. The van der Waals surface area contributed by atoms with Gasteiger partial charge in [-0.3, -0.25) is 4.79 Å². The summed E-state index contributed by atoms with van der Waals surface area (Å²) in [6.45, 7) is 1.85. The number of nitrogens with one attached hydrogen (secondary N) is 1. The number of rotatable bonds is 4. The van der Waals surface area contributed by atoms with Gasteiger partial charge in [0.1, 0.15) is 11.6 Å². The lowest BCUT2D eigenvalue weighted by molar-refractivity contribution is 0.102. The molecule has 4 aromatic rings. The van der Waals surface area contributed by atoms with Gasteiger partial charge in [-0.05, 0) is 43.3 Å². The van der Waals surface area contributed by atoms with Crippen molar-refractivity contribution in [1.82, 2.24) is 14.8 Å². The highest BCUT2D eigenvalue weighted by atomic mass is 32.1. The van der Waals surface area contributed by atoms with Crippen molar-refractivity contribution >= 4 is 23.1 Å². The van der Waals surface area contributed by atoms with Gasteiger partial charge < -0.3 is 5.32 Å². The maximum absolute atomic E-state index is 13.1. The van der Waals surface area contributed by atoms with Crippen LogP contribution in [0.1, 0.15) is 16.1 Å². The smallest absolute Gasteiger partial charge is 0.256 e. The lowest BCUT2D eigenvalue weighted by atomic mass is 10.2. The second-order valence-corrected chi connectivity index (χ2v) is 6.76. The highest BCUT2D eigenvalue weighted by Crippen LogP contribution is 2.26. The Morgan fingerprint density at radius 1 is 1.11 bits per heavy atom. The molecule has 0 saturated carbocycles. The number of hydrogen-bond acceptors (Lipinski definition) is 4. The number of aromatic nitrogens is 3. The van der Waals surface area contributed by atoms with Crippen molar-refractivity contribution in [3.63, 3.8) is 0 Å². The van der Waals surface area contributed by atoms with E-state index >= 15 is 0 Å². The molecule has 134 valence electrons. The molecule has 2 heterocycles. The molecule has 4 rings (SSSR count). The summed E-state index contributed by atoms with van der Waals surface area (Å²) in [5, 5.41) is 9.81. The fourth-order valence-corrected chi connectivity index (χ4v) is 3.42. The average molecular weight is 378 g/mol. The predicted molar refractivity (Wildman–Crippen MR) is 104 cm³/mol. The first-order valence-electron chi connectivity index (χ1n) is 8.25. The number of amides is 1. The minimum Gasteiger partial charge on any atom is -0.306 e. The van der Waals surface area contributed by atoms with Gasteiger partial charge in [0, 0.05) is 22.6 Å². The maximum Gasteiger partial charge on any atom is 0.256 e. The molecule has 0 bridgehead atoms. The van der Waals surface area contributed by atoms with Crippen LogP contribution in [-0.2, 0) is 0 Å². The van der Waals surface area contributed by atoms with Crippen molar-refractivity contribution in [3.05, 3.63) is 83.1 Å². The highest BCUT2D eigenvalue weighted by molar-refractivity contribution is 7.12. The summed E-state index contributed by atoms with van der Waals surface area (Å²) < 4.78 is 14.7. The van der Waals surface area contributed by atoms with E-state index in [1.54, 1.807) is 35.0 Å². The third kappa shape index (κ3) is 3.63. The van der Waals surface area contributed by atoms with Crippen LogP contribution in [0.15, 0.2) is 66.0 Å². The number of aryl methyl sites for hydroxylation is 1. The van der Waals surface area contributed by atoms with Crippen molar-refractivity contribution in [2.45, 2.75) is 6.92 Å². The Balaban J connectivity index is 1.63. The minimum absolute atomic E-state index is 0.216. The number of carbonyl (C=O) groups is 1. The van der Waals surface area contributed by atoms with Crippen molar-refractivity contribution < 1.29 is 9.18 Å². The quantitative estimate of drug-likeness (QED) is 0.560. The van der Waals surface area contributed by atoms with Crippen LogP contribution >= 0.6 is 11.3 Å². The molecule has 0 saturated heterocycles. The summed E-state index contributed by atoms with van der Waals surface area (Å²) in [6, 6.07) is 16.9. The van der Waals surface area contributed by atoms with Gasteiger partial charge in [0.2, 0.25) is 5.13 Å².